The summed E-state index contributed by atoms with van der Waals surface area (Å²) in [6.07, 6.45) is 8.56. The van der Waals surface area contributed by atoms with Crippen LogP contribution < -0.4 is 0 Å². The molecule has 0 heterocycles. The summed E-state index contributed by atoms with van der Waals surface area (Å²) in [5.74, 6) is 0.995. The van der Waals surface area contributed by atoms with Crippen molar-refractivity contribution in [2.24, 2.45) is 17.3 Å². The van der Waals surface area contributed by atoms with E-state index >= 15 is 0 Å². The van der Waals surface area contributed by atoms with Gasteiger partial charge in [-0.05, 0) is 43.4 Å². The van der Waals surface area contributed by atoms with E-state index in [2.05, 4.69) is 26.5 Å². The van der Waals surface area contributed by atoms with Gasteiger partial charge in [-0.15, -0.1) is 0 Å². The molecule has 0 saturated heterocycles. The molecule has 3 atom stereocenters. The number of hydrogen-bond acceptors (Lipinski definition) is 1. The number of rotatable bonds is 2. The fourth-order valence-corrected chi connectivity index (χ4v) is 3.40. The Hall–Kier alpha value is -0.560. The van der Waals surface area contributed by atoms with Gasteiger partial charge in [0.15, 0.2) is 0 Å². The highest BCUT2D eigenvalue weighted by molar-refractivity contribution is 5.22. The first-order valence-electron chi connectivity index (χ1n) is 6.54. The highest BCUT2D eigenvalue weighted by Gasteiger charge is 2.40. The summed E-state index contributed by atoms with van der Waals surface area (Å²) in [4.78, 5) is 0. The quantitative estimate of drug-likeness (QED) is 0.704. The van der Waals surface area contributed by atoms with Gasteiger partial charge in [-0.25, -0.2) is 0 Å². The third-order valence-electron chi connectivity index (χ3n) is 4.76. The van der Waals surface area contributed by atoms with Crippen LogP contribution in [0.2, 0.25) is 0 Å². The highest BCUT2D eigenvalue weighted by Crippen LogP contribution is 2.52. The Bertz CT molecular complexity index is 315. The van der Waals surface area contributed by atoms with Crippen molar-refractivity contribution < 1.29 is 5.11 Å². The monoisotopic (exact) mass is 220 g/mol. The molecule has 0 radical (unpaired) electrons. The lowest BCUT2D eigenvalue weighted by Gasteiger charge is -2.46. The van der Waals surface area contributed by atoms with E-state index in [0.717, 1.165) is 6.42 Å². The van der Waals surface area contributed by atoms with Crippen molar-refractivity contribution in [1.82, 2.24) is 0 Å². The van der Waals surface area contributed by atoms with E-state index in [1.54, 1.807) is 0 Å². The van der Waals surface area contributed by atoms with Gasteiger partial charge in [0.1, 0.15) is 0 Å². The summed E-state index contributed by atoms with van der Waals surface area (Å²) in [6, 6.07) is 0. The Morgan fingerprint density at radius 3 is 3.06 bits per heavy atom. The number of aliphatic hydroxyl groups is 1. The van der Waals surface area contributed by atoms with Crippen LogP contribution in [-0.2, 0) is 0 Å². The van der Waals surface area contributed by atoms with Gasteiger partial charge >= 0.3 is 0 Å². The fraction of sp³-hybridized carbons (Fsp3) is 0.733. The first-order chi connectivity index (χ1) is 7.57. The maximum absolute atomic E-state index is 9.25. The topological polar surface area (TPSA) is 20.2 Å². The van der Waals surface area contributed by atoms with Crippen LogP contribution >= 0.6 is 0 Å². The zero-order valence-corrected chi connectivity index (χ0v) is 10.6. The third kappa shape index (κ3) is 1.98. The van der Waals surface area contributed by atoms with Crippen LogP contribution in [0.5, 0.6) is 0 Å². The second-order valence-corrected chi connectivity index (χ2v) is 5.99. The van der Waals surface area contributed by atoms with Gasteiger partial charge in [0.2, 0.25) is 0 Å². The van der Waals surface area contributed by atoms with Crippen molar-refractivity contribution in [3.05, 3.63) is 23.8 Å². The van der Waals surface area contributed by atoms with Crippen LogP contribution in [0.4, 0.5) is 0 Å². The molecule has 2 rings (SSSR count). The number of hydrogen-bond donors (Lipinski definition) is 1. The van der Waals surface area contributed by atoms with Crippen LogP contribution in [0.3, 0.4) is 0 Å². The molecule has 16 heavy (non-hydrogen) atoms. The van der Waals surface area contributed by atoms with Crippen molar-refractivity contribution in [3.63, 3.8) is 0 Å². The smallest absolute Gasteiger partial charge is 0.0493 e. The Morgan fingerprint density at radius 1 is 1.62 bits per heavy atom. The normalized spacial score (nSPS) is 36.6. The van der Waals surface area contributed by atoms with Gasteiger partial charge in [0.25, 0.3) is 0 Å². The molecule has 1 N–H and O–H groups in total. The van der Waals surface area contributed by atoms with Crippen LogP contribution in [0, 0.1) is 17.3 Å². The van der Waals surface area contributed by atoms with E-state index in [0.29, 0.717) is 17.3 Å². The lowest BCUT2D eigenvalue weighted by Crippen LogP contribution is -2.35. The number of aliphatic hydroxyl groups excluding tert-OH is 1. The number of allylic oxidation sites excluding steroid dienone is 2. The fourth-order valence-electron chi connectivity index (χ4n) is 3.40. The summed E-state index contributed by atoms with van der Waals surface area (Å²) < 4.78 is 0. The van der Waals surface area contributed by atoms with Gasteiger partial charge in [-0.3, -0.25) is 0 Å². The third-order valence-corrected chi connectivity index (χ3v) is 4.76. The van der Waals surface area contributed by atoms with Crippen LogP contribution in [0.1, 0.15) is 46.0 Å². The predicted molar refractivity (Wildman–Crippen MR) is 68.2 cm³/mol. The molecule has 0 spiro atoms. The molecular formula is C15H24O. The van der Waals surface area contributed by atoms with Gasteiger partial charge in [-0.2, -0.15) is 0 Å². The van der Waals surface area contributed by atoms with E-state index in [4.69, 9.17) is 0 Å². The van der Waals surface area contributed by atoms with E-state index in [1.807, 2.05) is 0 Å². The summed E-state index contributed by atoms with van der Waals surface area (Å²) >= 11 is 0. The Balaban J connectivity index is 2.19. The molecule has 1 unspecified atom stereocenters. The van der Waals surface area contributed by atoms with Crippen molar-refractivity contribution in [1.29, 1.82) is 0 Å². The molecule has 90 valence electrons. The first kappa shape index (κ1) is 11.9. The number of fused-ring (bicyclic) bond motifs is 1. The second-order valence-electron chi connectivity index (χ2n) is 5.99. The minimum Gasteiger partial charge on any atom is -0.396 e. The van der Waals surface area contributed by atoms with E-state index < -0.39 is 0 Å². The van der Waals surface area contributed by atoms with Crippen molar-refractivity contribution >= 4 is 0 Å². The second kappa shape index (κ2) is 4.37. The summed E-state index contributed by atoms with van der Waals surface area (Å²) in [5, 5.41) is 9.25. The van der Waals surface area contributed by atoms with Crippen molar-refractivity contribution in [3.8, 4) is 0 Å². The maximum atomic E-state index is 9.25. The van der Waals surface area contributed by atoms with Crippen LogP contribution in [0.25, 0.3) is 0 Å². The molecule has 1 saturated carbocycles. The predicted octanol–water partition coefficient (Wildman–Crippen LogP) is 3.70. The SMILES string of the molecule is C=C1CCC[C@@]2(C)CC=C(C(C)CO)C[C@H]12. The molecule has 0 aromatic carbocycles. The van der Waals surface area contributed by atoms with E-state index in [-0.39, 0.29) is 6.61 Å². The minimum atomic E-state index is 0.280. The summed E-state index contributed by atoms with van der Waals surface area (Å²) in [5.41, 5.74) is 3.35. The lowest BCUT2D eigenvalue weighted by molar-refractivity contribution is 0.147. The highest BCUT2D eigenvalue weighted by atomic mass is 16.3. The Labute approximate surface area is 99.3 Å². The molecule has 0 amide bonds. The van der Waals surface area contributed by atoms with Crippen LogP contribution in [0.15, 0.2) is 23.8 Å². The van der Waals surface area contributed by atoms with Gasteiger partial charge < -0.3 is 5.11 Å². The standard InChI is InChI=1S/C15H24O/c1-11-5-4-7-15(3)8-6-13(9-14(11)15)12(2)10-16/h6,12,14,16H,1,4-5,7-10H2,2-3H3/t12?,14-,15+/m1/s1. The van der Waals surface area contributed by atoms with Crippen LogP contribution in [-0.4, -0.2) is 11.7 Å². The molecule has 0 aliphatic heterocycles. The molecule has 2 aliphatic carbocycles. The van der Waals surface area contributed by atoms with E-state index in [1.165, 1.54) is 36.8 Å². The zero-order valence-electron chi connectivity index (χ0n) is 10.6. The average molecular weight is 220 g/mol. The maximum Gasteiger partial charge on any atom is 0.0493 e. The molecular weight excluding hydrogens is 196 g/mol. The first-order valence-corrected chi connectivity index (χ1v) is 6.54. The summed E-state index contributed by atoms with van der Waals surface area (Å²) in [6.45, 7) is 9.09. The largest absolute Gasteiger partial charge is 0.396 e. The molecule has 0 aromatic heterocycles. The molecule has 1 nitrogen and oxygen atoms in total. The minimum absolute atomic E-state index is 0.280. The molecule has 1 fully saturated rings. The molecule has 0 bridgehead atoms. The summed E-state index contributed by atoms with van der Waals surface area (Å²) in [7, 11) is 0. The van der Waals surface area contributed by atoms with Gasteiger partial charge in [-0.1, -0.05) is 37.6 Å². The molecule has 2 aliphatic rings. The van der Waals surface area contributed by atoms with Crippen molar-refractivity contribution in [2.75, 3.05) is 6.61 Å². The molecule has 1 heteroatoms. The average Bonchev–Trinajstić information content (AvgIpc) is 2.27. The Kier molecular flexibility index (Phi) is 3.25. The Morgan fingerprint density at radius 2 is 2.38 bits per heavy atom. The molecule has 0 aromatic rings. The van der Waals surface area contributed by atoms with E-state index in [9.17, 15) is 5.11 Å². The lowest BCUT2D eigenvalue weighted by atomic mass is 9.59. The van der Waals surface area contributed by atoms with Gasteiger partial charge in [0, 0.05) is 12.5 Å². The zero-order chi connectivity index (χ0) is 11.8. The van der Waals surface area contributed by atoms with Gasteiger partial charge in [0.05, 0.1) is 0 Å². The van der Waals surface area contributed by atoms with Crippen molar-refractivity contribution in [2.45, 2.75) is 46.0 Å².